The second kappa shape index (κ2) is 4.20. The van der Waals surface area contributed by atoms with Gasteiger partial charge in [0.05, 0.1) is 11.4 Å². The molecule has 4 heteroatoms. The first-order valence-electron chi connectivity index (χ1n) is 4.58. The van der Waals surface area contributed by atoms with Crippen molar-refractivity contribution in [3.8, 4) is 12.4 Å². The molecule has 16 heavy (non-hydrogen) atoms. The predicted octanol–water partition coefficient (Wildman–Crippen LogP) is 1.80. The zero-order valence-corrected chi connectivity index (χ0v) is 8.25. The highest BCUT2D eigenvalue weighted by molar-refractivity contribution is 6.25. The molecule has 0 atom stereocenters. The number of fused-ring (bicyclic) bond motifs is 1. The van der Waals surface area contributed by atoms with Crippen LogP contribution >= 0.6 is 0 Å². The fourth-order valence-corrected chi connectivity index (χ4v) is 1.57. The van der Waals surface area contributed by atoms with E-state index in [0.29, 0.717) is 11.4 Å². The van der Waals surface area contributed by atoms with E-state index in [-0.39, 0.29) is 0 Å². The summed E-state index contributed by atoms with van der Waals surface area (Å²) in [6.07, 6.45) is 6.88. The van der Waals surface area contributed by atoms with Gasteiger partial charge in [-0.05, 0) is 12.2 Å². The molecule has 0 saturated carbocycles. The Balaban J connectivity index is 2.66. The zero-order chi connectivity index (χ0) is 11.4. The maximum Gasteiger partial charge on any atom is 0.206 e. The number of nitrogens with zero attached hydrogens (tertiary/aromatic N) is 4. The molecule has 1 aliphatic carbocycles. The zero-order valence-electron chi connectivity index (χ0n) is 8.25. The first-order valence-corrected chi connectivity index (χ1v) is 4.58. The number of allylic oxidation sites excluding steroid dienone is 2. The lowest BCUT2D eigenvalue weighted by atomic mass is 9.94. The third-order valence-electron chi connectivity index (χ3n) is 2.22. The monoisotopic (exact) mass is 206 g/mol. The van der Waals surface area contributed by atoms with Gasteiger partial charge in [-0.15, -0.1) is 0 Å². The van der Waals surface area contributed by atoms with E-state index in [0.717, 1.165) is 11.1 Å². The van der Waals surface area contributed by atoms with Crippen molar-refractivity contribution in [2.45, 2.75) is 0 Å². The SMILES string of the molecule is N#C/N=C1C=C/C(=N\C#N)c2ccccc2\1. The van der Waals surface area contributed by atoms with Crippen LogP contribution in [0.15, 0.2) is 46.4 Å². The third kappa shape index (κ3) is 1.60. The van der Waals surface area contributed by atoms with Crippen LogP contribution in [0.2, 0.25) is 0 Å². The molecule has 0 aliphatic heterocycles. The van der Waals surface area contributed by atoms with Crippen LogP contribution in [0.3, 0.4) is 0 Å². The minimum Gasteiger partial charge on any atom is -0.173 e. The van der Waals surface area contributed by atoms with Crippen molar-refractivity contribution < 1.29 is 0 Å². The van der Waals surface area contributed by atoms with Gasteiger partial charge in [0, 0.05) is 11.1 Å². The number of hydrogen-bond donors (Lipinski definition) is 0. The Bertz CT molecular complexity index is 541. The van der Waals surface area contributed by atoms with Gasteiger partial charge < -0.3 is 0 Å². The van der Waals surface area contributed by atoms with Crippen LogP contribution in [0.4, 0.5) is 0 Å². The summed E-state index contributed by atoms with van der Waals surface area (Å²) in [7, 11) is 0. The molecule has 0 amide bonds. The lowest BCUT2D eigenvalue weighted by Crippen LogP contribution is -2.12. The minimum atomic E-state index is 0.593. The van der Waals surface area contributed by atoms with Gasteiger partial charge in [-0.2, -0.15) is 20.5 Å². The first-order chi connectivity index (χ1) is 7.86. The Morgan fingerprint density at radius 1 is 0.812 bits per heavy atom. The fraction of sp³-hybridized carbons (Fsp3) is 0. The third-order valence-corrected chi connectivity index (χ3v) is 2.22. The second-order valence-corrected chi connectivity index (χ2v) is 3.07. The molecule has 1 aliphatic rings. The summed E-state index contributed by atoms with van der Waals surface area (Å²) < 4.78 is 0. The van der Waals surface area contributed by atoms with Gasteiger partial charge in [0.2, 0.25) is 12.4 Å². The van der Waals surface area contributed by atoms with Gasteiger partial charge >= 0.3 is 0 Å². The minimum absolute atomic E-state index is 0.593. The summed E-state index contributed by atoms with van der Waals surface area (Å²) >= 11 is 0. The number of aliphatic imine (C=N–C) groups is 2. The Labute approximate surface area is 92.5 Å². The Kier molecular flexibility index (Phi) is 2.58. The summed E-state index contributed by atoms with van der Waals surface area (Å²) in [6.45, 7) is 0. The van der Waals surface area contributed by atoms with Crippen molar-refractivity contribution >= 4 is 11.4 Å². The van der Waals surface area contributed by atoms with Crippen LogP contribution in [0, 0.1) is 22.9 Å². The van der Waals surface area contributed by atoms with Crippen molar-refractivity contribution in [2.75, 3.05) is 0 Å². The summed E-state index contributed by atoms with van der Waals surface area (Å²) in [5.41, 5.74) is 2.83. The van der Waals surface area contributed by atoms with E-state index in [4.69, 9.17) is 10.5 Å². The summed E-state index contributed by atoms with van der Waals surface area (Å²) in [5.74, 6) is 0. The average Bonchev–Trinajstić information content (AvgIpc) is 2.33. The molecule has 2 rings (SSSR count). The van der Waals surface area contributed by atoms with E-state index in [9.17, 15) is 0 Å². The first kappa shape index (κ1) is 9.82. The molecule has 0 radical (unpaired) electrons. The van der Waals surface area contributed by atoms with E-state index < -0.39 is 0 Å². The molecular formula is C12H6N4. The Morgan fingerprint density at radius 3 is 1.62 bits per heavy atom. The summed E-state index contributed by atoms with van der Waals surface area (Å²) in [5, 5.41) is 17.1. The molecule has 1 aromatic rings. The van der Waals surface area contributed by atoms with Crippen molar-refractivity contribution in [3.63, 3.8) is 0 Å². The maximum absolute atomic E-state index is 8.56. The van der Waals surface area contributed by atoms with Crippen LogP contribution in [-0.2, 0) is 0 Å². The van der Waals surface area contributed by atoms with Gasteiger partial charge in [0.25, 0.3) is 0 Å². The molecule has 4 nitrogen and oxygen atoms in total. The van der Waals surface area contributed by atoms with E-state index >= 15 is 0 Å². The quantitative estimate of drug-likeness (QED) is 0.607. The molecule has 0 spiro atoms. The smallest absolute Gasteiger partial charge is 0.173 e. The lowest BCUT2D eigenvalue weighted by Gasteiger charge is -2.12. The van der Waals surface area contributed by atoms with E-state index in [2.05, 4.69) is 9.98 Å². The molecule has 0 heterocycles. The molecule has 74 valence electrons. The molecule has 1 aromatic carbocycles. The van der Waals surface area contributed by atoms with Gasteiger partial charge in [-0.1, -0.05) is 24.3 Å². The molecule has 0 unspecified atom stereocenters. The maximum atomic E-state index is 8.56. The van der Waals surface area contributed by atoms with Gasteiger partial charge in [0.15, 0.2) is 0 Å². The highest BCUT2D eigenvalue weighted by Crippen LogP contribution is 2.17. The number of rotatable bonds is 0. The van der Waals surface area contributed by atoms with E-state index in [1.165, 1.54) is 0 Å². The molecule has 0 aromatic heterocycles. The van der Waals surface area contributed by atoms with Crippen molar-refractivity contribution in [3.05, 3.63) is 47.5 Å². The molecule has 0 N–H and O–H groups in total. The van der Waals surface area contributed by atoms with Crippen molar-refractivity contribution in [1.82, 2.24) is 0 Å². The van der Waals surface area contributed by atoms with Gasteiger partial charge in [0.1, 0.15) is 0 Å². The van der Waals surface area contributed by atoms with Crippen LogP contribution in [0.5, 0.6) is 0 Å². The Hall–Kier alpha value is -2.72. The predicted molar refractivity (Wildman–Crippen MR) is 59.9 cm³/mol. The van der Waals surface area contributed by atoms with E-state index in [1.807, 2.05) is 24.3 Å². The summed E-state index contributed by atoms with van der Waals surface area (Å²) in [4.78, 5) is 7.43. The average molecular weight is 206 g/mol. The lowest BCUT2D eigenvalue weighted by molar-refractivity contribution is 1.41. The molecular weight excluding hydrogens is 200 g/mol. The highest BCUT2D eigenvalue weighted by Gasteiger charge is 2.15. The van der Waals surface area contributed by atoms with E-state index in [1.54, 1.807) is 24.5 Å². The standard InChI is InChI=1S/C12H6N4/c13-7-15-11-5-6-12(16-8-14)10-4-2-1-3-9(10)11/h1-6H/b15-11+,16-12+. The fourth-order valence-electron chi connectivity index (χ4n) is 1.57. The number of hydrogen-bond acceptors (Lipinski definition) is 4. The molecule has 0 bridgehead atoms. The van der Waals surface area contributed by atoms with Gasteiger partial charge in [-0.3, -0.25) is 0 Å². The largest absolute Gasteiger partial charge is 0.206 e. The second-order valence-electron chi connectivity index (χ2n) is 3.07. The van der Waals surface area contributed by atoms with Crippen LogP contribution in [-0.4, -0.2) is 11.4 Å². The van der Waals surface area contributed by atoms with Crippen molar-refractivity contribution in [1.29, 1.82) is 10.5 Å². The van der Waals surface area contributed by atoms with Gasteiger partial charge in [-0.25, -0.2) is 0 Å². The number of benzene rings is 1. The number of nitriles is 2. The Morgan fingerprint density at radius 2 is 1.25 bits per heavy atom. The van der Waals surface area contributed by atoms with Crippen LogP contribution in [0.25, 0.3) is 0 Å². The molecule has 0 saturated heterocycles. The van der Waals surface area contributed by atoms with Crippen LogP contribution < -0.4 is 0 Å². The molecule has 0 fully saturated rings. The summed E-state index contributed by atoms with van der Waals surface area (Å²) in [6, 6.07) is 7.41. The normalized spacial score (nSPS) is 17.9. The highest BCUT2D eigenvalue weighted by atomic mass is 14.8. The topological polar surface area (TPSA) is 72.3 Å². The van der Waals surface area contributed by atoms with Crippen molar-refractivity contribution in [2.24, 2.45) is 9.98 Å². The van der Waals surface area contributed by atoms with Crippen LogP contribution in [0.1, 0.15) is 11.1 Å².